The molecule has 0 aliphatic rings. The van der Waals surface area contributed by atoms with E-state index in [0.717, 1.165) is 5.56 Å². The highest BCUT2D eigenvalue weighted by Gasteiger charge is 2.09. The molecule has 0 aliphatic heterocycles. The Morgan fingerprint density at radius 3 is 2.84 bits per heavy atom. The van der Waals surface area contributed by atoms with Crippen LogP contribution >= 0.6 is 0 Å². The van der Waals surface area contributed by atoms with E-state index in [-0.39, 0.29) is 5.56 Å². The first-order chi connectivity index (χ1) is 9.29. The van der Waals surface area contributed by atoms with Gasteiger partial charge < -0.3 is 9.72 Å². The van der Waals surface area contributed by atoms with E-state index >= 15 is 0 Å². The Morgan fingerprint density at radius 2 is 2.11 bits per heavy atom. The minimum atomic E-state index is -0.192. The highest BCUT2D eigenvalue weighted by Crippen LogP contribution is 2.22. The number of aromatic nitrogens is 3. The summed E-state index contributed by atoms with van der Waals surface area (Å²) in [6.45, 7) is 0. The highest BCUT2D eigenvalue weighted by atomic mass is 16.5. The molecule has 0 atom stereocenters. The van der Waals surface area contributed by atoms with Gasteiger partial charge in [-0.05, 0) is 24.3 Å². The van der Waals surface area contributed by atoms with E-state index in [2.05, 4.69) is 15.0 Å². The summed E-state index contributed by atoms with van der Waals surface area (Å²) < 4.78 is 5.24. The zero-order valence-electron chi connectivity index (χ0n) is 10.3. The summed E-state index contributed by atoms with van der Waals surface area (Å²) in [5.74, 6) is 1.06. The van der Waals surface area contributed by atoms with Gasteiger partial charge in [-0.1, -0.05) is 6.07 Å². The molecule has 0 fully saturated rings. The Labute approximate surface area is 108 Å². The molecule has 19 heavy (non-hydrogen) atoms. The van der Waals surface area contributed by atoms with Gasteiger partial charge >= 0.3 is 0 Å². The van der Waals surface area contributed by atoms with Crippen LogP contribution in [0.1, 0.15) is 0 Å². The first-order valence-corrected chi connectivity index (χ1v) is 5.77. The number of para-hydroxylation sites is 1. The number of H-pyrrole nitrogens is 1. The normalized spacial score (nSPS) is 10.6. The summed E-state index contributed by atoms with van der Waals surface area (Å²) >= 11 is 0. The van der Waals surface area contributed by atoms with Crippen LogP contribution in [0.2, 0.25) is 0 Å². The number of methoxy groups -OCH3 is 1. The number of fused-ring (bicyclic) bond motifs is 1. The molecular weight excluding hydrogens is 242 g/mol. The third kappa shape index (κ3) is 1.95. The highest BCUT2D eigenvalue weighted by molar-refractivity contribution is 5.85. The third-order valence-corrected chi connectivity index (χ3v) is 2.85. The molecule has 1 aromatic carbocycles. The maximum atomic E-state index is 12.1. The van der Waals surface area contributed by atoms with Crippen LogP contribution in [0.5, 0.6) is 5.75 Å². The van der Waals surface area contributed by atoms with Crippen molar-refractivity contribution in [3.8, 4) is 17.1 Å². The Morgan fingerprint density at radius 1 is 1.21 bits per heavy atom. The van der Waals surface area contributed by atoms with Crippen molar-refractivity contribution in [3.05, 3.63) is 53.1 Å². The number of nitrogens with one attached hydrogen (secondary N) is 1. The molecule has 2 heterocycles. The minimum Gasteiger partial charge on any atom is -0.494 e. The third-order valence-electron chi connectivity index (χ3n) is 2.85. The Bertz CT molecular complexity index is 782. The molecule has 0 spiro atoms. The molecule has 0 amide bonds. The van der Waals surface area contributed by atoms with E-state index in [1.54, 1.807) is 43.8 Å². The lowest BCUT2D eigenvalue weighted by Crippen LogP contribution is -2.10. The summed E-state index contributed by atoms with van der Waals surface area (Å²) in [7, 11) is 1.56. The van der Waals surface area contributed by atoms with E-state index in [4.69, 9.17) is 4.74 Å². The van der Waals surface area contributed by atoms with E-state index in [1.165, 1.54) is 0 Å². The fourth-order valence-corrected chi connectivity index (χ4v) is 1.94. The fourth-order valence-electron chi connectivity index (χ4n) is 1.94. The molecule has 94 valence electrons. The monoisotopic (exact) mass is 253 g/mol. The topological polar surface area (TPSA) is 67.9 Å². The number of hydrogen-bond donors (Lipinski definition) is 1. The van der Waals surface area contributed by atoms with Crippen LogP contribution in [-0.2, 0) is 0 Å². The molecular formula is C14H11N3O2. The Balaban J connectivity index is 2.33. The van der Waals surface area contributed by atoms with Crippen molar-refractivity contribution in [3.63, 3.8) is 0 Å². The van der Waals surface area contributed by atoms with Gasteiger partial charge in [0.1, 0.15) is 17.1 Å². The van der Waals surface area contributed by atoms with Crippen molar-refractivity contribution in [1.82, 2.24) is 15.0 Å². The average molecular weight is 253 g/mol. The minimum absolute atomic E-state index is 0.192. The summed E-state index contributed by atoms with van der Waals surface area (Å²) in [5.41, 5.74) is 1.11. The molecule has 2 aromatic heterocycles. The molecule has 3 aromatic rings. The molecule has 5 nitrogen and oxygen atoms in total. The summed E-state index contributed by atoms with van der Waals surface area (Å²) in [4.78, 5) is 23.3. The van der Waals surface area contributed by atoms with Gasteiger partial charge in [0.25, 0.3) is 5.56 Å². The fraction of sp³-hybridized carbons (Fsp3) is 0.0714. The zero-order chi connectivity index (χ0) is 13.2. The first kappa shape index (κ1) is 11.4. The quantitative estimate of drug-likeness (QED) is 0.758. The second-order valence-corrected chi connectivity index (χ2v) is 4.01. The number of ether oxygens (including phenoxy) is 1. The second kappa shape index (κ2) is 4.53. The van der Waals surface area contributed by atoms with E-state index in [9.17, 15) is 4.79 Å². The predicted octanol–water partition coefficient (Wildman–Crippen LogP) is 1.99. The average Bonchev–Trinajstić information content (AvgIpc) is 2.47. The van der Waals surface area contributed by atoms with Crippen molar-refractivity contribution in [2.75, 3.05) is 7.11 Å². The Hall–Kier alpha value is -2.69. The maximum absolute atomic E-state index is 12.1. The van der Waals surface area contributed by atoms with Crippen LogP contribution in [0.25, 0.3) is 22.3 Å². The molecule has 1 N–H and O–H groups in total. The van der Waals surface area contributed by atoms with Gasteiger partial charge in [-0.3, -0.25) is 9.78 Å². The van der Waals surface area contributed by atoms with Crippen molar-refractivity contribution < 1.29 is 4.74 Å². The first-order valence-electron chi connectivity index (χ1n) is 5.77. The predicted molar refractivity (Wildman–Crippen MR) is 72.1 cm³/mol. The van der Waals surface area contributed by atoms with E-state index in [0.29, 0.717) is 22.5 Å². The van der Waals surface area contributed by atoms with Crippen molar-refractivity contribution >= 4 is 10.9 Å². The summed E-state index contributed by atoms with van der Waals surface area (Å²) in [6, 6.07) is 8.90. The van der Waals surface area contributed by atoms with Gasteiger partial charge in [0, 0.05) is 18.0 Å². The number of pyridine rings is 1. The number of hydrogen-bond acceptors (Lipinski definition) is 4. The molecule has 0 saturated heterocycles. The van der Waals surface area contributed by atoms with Crippen molar-refractivity contribution in [1.29, 1.82) is 0 Å². The molecule has 0 bridgehead atoms. The summed E-state index contributed by atoms with van der Waals surface area (Å²) in [5, 5.41) is 0.506. The van der Waals surface area contributed by atoms with Gasteiger partial charge in [0.05, 0.1) is 12.5 Å². The lowest BCUT2D eigenvalue weighted by molar-refractivity contribution is 0.419. The number of nitrogens with zero attached hydrogens (tertiary/aromatic N) is 2. The smallest absolute Gasteiger partial charge is 0.259 e. The SMILES string of the molecule is COc1cccc2c(=O)[nH]c(-c3cccnc3)nc12. The van der Waals surface area contributed by atoms with Gasteiger partial charge in [0.2, 0.25) is 0 Å². The number of aromatic amines is 1. The van der Waals surface area contributed by atoms with Crippen molar-refractivity contribution in [2.45, 2.75) is 0 Å². The lowest BCUT2D eigenvalue weighted by atomic mass is 10.2. The zero-order valence-corrected chi connectivity index (χ0v) is 10.3. The molecule has 0 saturated carbocycles. The van der Waals surface area contributed by atoms with Crippen LogP contribution in [0.15, 0.2) is 47.5 Å². The van der Waals surface area contributed by atoms with Crippen LogP contribution in [0, 0.1) is 0 Å². The van der Waals surface area contributed by atoms with Gasteiger partial charge in [-0.25, -0.2) is 4.98 Å². The number of benzene rings is 1. The van der Waals surface area contributed by atoms with Crippen molar-refractivity contribution in [2.24, 2.45) is 0 Å². The van der Waals surface area contributed by atoms with Crippen LogP contribution < -0.4 is 10.3 Å². The van der Waals surface area contributed by atoms with E-state index < -0.39 is 0 Å². The van der Waals surface area contributed by atoms with E-state index in [1.807, 2.05) is 6.07 Å². The molecule has 0 aliphatic carbocycles. The number of rotatable bonds is 2. The Kier molecular flexibility index (Phi) is 2.72. The van der Waals surface area contributed by atoms with Crippen LogP contribution in [0.3, 0.4) is 0 Å². The maximum Gasteiger partial charge on any atom is 0.259 e. The standard InChI is InChI=1S/C14H11N3O2/c1-19-11-6-2-5-10-12(11)16-13(17-14(10)18)9-4-3-7-15-8-9/h2-8H,1H3,(H,16,17,18). The lowest BCUT2D eigenvalue weighted by Gasteiger charge is -2.06. The summed E-state index contributed by atoms with van der Waals surface area (Å²) in [6.07, 6.45) is 3.32. The molecule has 0 unspecified atom stereocenters. The molecule has 3 rings (SSSR count). The molecule has 5 heteroatoms. The van der Waals surface area contributed by atoms with Crippen LogP contribution in [0.4, 0.5) is 0 Å². The van der Waals surface area contributed by atoms with Gasteiger partial charge in [-0.2, -0.15) is 0 Å². The molecule has 0 radical (unpaired) electrons. The van der Waals surface area contributed by atoms with Crippen LogP contribution in [-0.4, -0.2) is 22.1 Å². The second-order valence-electron chi connectivity index (χ2n) is 4.01. The van der Waals surface area contributed by atoms with Gasteiger partial charge in [0.15, 0.2) is 0 Å². The van der Waals surface area contributed by atoms with Gasteiger partial charge in [-0.15, -0.1) is 0 Å². The largest absolute Gasteiger partial charge is 0.494 e.